The van der Waals surface area contributed by atoms with Gasteiger partial charge in [-0.3, -0.25) is 9.59 Å². The SMILES string of the molecule is CCOC(=O)CNC(=O)c1nc(C)cc(CCOCc2ccccc2)c1O. The Balaban J connectivity index is 1.95. The Morgan fingerprint density at radius 1 is 1.22 bits per heavy atom. The van der Waals surface area contributed by atoms with Gasteiger partial charge in [0.15, 0.2) is 5.69 Å². The van der Waals surface area contributed by atoms with E-state index in [-0.39, 0.29) is 24.6 Å². The molecule has 0 aliphatic carbocycles. The van der Waals surface area contributed by atoms with Gasteiger partial charge < -0.3 is 19.9 Å². The van der Waals surface area contributed by atoms with Gasteiger partial charge in [-0.15, -0.1) is 0 Å². The Hall–Kier alpha value is -2.93. The maximum absolute atomic E-state index is 12.2. The second-order valence-electron chi connectivity index (χ2n) is 5.90. The van der Waals surface area contributed by atoms with Crippen LogP contribution in [0.5, 0.6) is 5.75 Å². The molecule has 0 unspecified atom stereocenters. The summed E-state index contributed by atoms with van der Waals surface area (Å²) in [6, 6.07) is 11.5. The maximum Gasteiger partial charge on any atom is 0.325 e. The Morgan fingerprint density at radius 3 is 2.67 bits per heavy atom. The van der Waals surface area contributed by atoms with Gasteiger partial charge in [0, 0.05) is 11.3 Å². The first kappa shape index (κ1) is 20.4. The molecule has 0 bridgehead atoms. The molecule has 0 saturated carbocycles. The minimum atomic E-state index is -0.629. The van der Waals surface area contributed by atoms with Gasteiger partial charge in [0.2, 0.25) is 0 Å². The Kier molecular flexibility index (Phi) is 7.76. The van der Waals surface area contributed by atoms with E-state index in [1.54, 1.807) is 19.9 Å². The lowest BCUT2D eigenvalue weighted by Gasteiger charge is -2.11. The highest BCUT2D eigenvalue weighted by atomic mass is 16.5. The third kappa shape index (κ3) is 6.38. The van der Waals surface area contributed by atoms with E-state index in [4.69, 9.17) is 9.47 Å². The molecule has 0 radical (unpaired) electrons. The summed E-state index contributed by atoms with van der Waals surface area (Å²) in [5.41, 5.74) is 2.10. The zero-order valence-corrected chi connectivity index (χ0v) is 15.5. The van der Waals surface area contributed by atoms with Crippen LogP contribution >= 0.6 is 0 Å². The van der Waals surface area contributed by atoms with Crippen LogP contribution in [0.4, 0.5) is 0 Å². The fourth-order valence-corrected chi connectivity index (χ4v) is 2.48. The van der Waals surface area contributed by atoms with Crippen molar-refractivity contribution in [1.82, 2.24) is 10.3 Å². The van der Waals surface area contributed by atoms with Crippen molar-refractivity contribution < 1.29 is 24.2 Å². The highest BCUT2D eigenvalue weighted by molar-refractivity contribution is 5.96. The lowest BCUT2D eigenvalue weighted by Crippen LogP contribution is -2.31. The number of aryl methyl sites for hydroxylation is 1. The maximum atomic E-state index is 12.2. The molecule has 7 heteroatoms. The van der Waals surface area contributed by atoms with Gasteiger partial charge >= 0.3 is 5.97 Å². The summed E-state index contributed by atoms with van der Waals surface area (Å²) in [6.07, 6.45) is 0.431. The number of amides is 1. The van der Waals surface area contributed by atoms with Crippen LogP contribution < -0.4 is 5.32 Å². The quantitative estimate of drug-likeness (QED) is 0.517. The first-order valence-corrected chi connectivity index (χ1v) is 8.76. The molecule has 2 aromatic rings. The van der Waals surface area contributed by atoms with Crippen molar-refractivity contribution in [2.75, 3.05) is 19.8 Å². The number of hydrogen-bond donors (Lipinski definition) is 2. The first-order chi connectivity index (χ1) is 13.0. The molecule has 1 amide bonds. The number of pyridine rings is 1. The average Bonchev–Trinajstić information content (AvgIpc) is 2.66. The van der Waals surface area contributed by atoms with Crippen molar-refractivity contribution in [3.05, 3.63) is 58.9 Å². The highest BCUT2D eigenvalue weighted by Gasteiger charge is 2.18. The van der Waals surface area contributed by atoms with Crippen molar-refractivity contribution in [1.29, 1.82) is 0 Å². The summed E-state index contributed by atoms with van der Waals surface area (Å²) in [6.45, 7) is 4.22. The van der Waals surface area contributed by atoms with Gasteiger partial charge in [-0.2, -0.15) is 0 Å². The fourth-order valence-electron chi connectivity index (χ4n) is 2.48. The lowest BCUT2D eigenvalue weighted by molar-refractivity contribution is -0.141. The second-order valence-corrected chi connectivity index (χ2v) is 5.90. The number of aromatic hydroxyl groups is 1. The van der Waals surface area contributed by atoms with E-state index < -0.39 is 11.9 Å². The number of esters is 1. The predicted octanol–water partition coefficient (Wildman–Crippen LogP) is 2.15. The number of benzene rings is 1. The summed E-state index contributed by atoms with van der Waals surface area (Å²) in [4.78, 5) is 27.7. The minimum Gasteiger partial charge on any atom is -0.505 e. The normalized spacial score (nSPS) is 10.4. The van der Waals surface area contributed by atoms with Crippen LogP contribution in [-0.2, 0) is 27.3 Å². The molecule has 1 aromatic heterocycles. The molecule has 0 fully saturated rings. The number of ether oxygens (including phenoxy) is 2. The molecule has 0 spiro atoms. The van der Waals surface area contributed by atoms with Crippen LogP contribution in [0.2, 0.25) is 0 Å². The topological polar surface area (TPSA) is 97.8 Å². The highest BCUT2D eigenvalue weighted by Crippen LogP contribution is 2.22. The largest absolute Gasteiger partial charge is 0.505 e. The molecule has 1 heterocycles. The summed E-state index contributed by atoms with van der Waals surface area (Å²) in [5.74, 6) is -1.38. The molecule has 27 heavy (non-hydrogen) atoms. The van der Waals surface area contributed by atoms with Crippen molar-refractivity contribution in [2.45, 2.75) is 26.9 Å². The van der Waals surface area contributed by atoms with E-state index in [0.717, 1.165) is 5.56 Å². The average molecular weight is 372 g/mol. The number of carbonyl (C=O) groups excluding carboxylic acids is 2. The standard InChI is InChI=1S/C20H24N2O5/c1-3-27-17(23)12-21-20(25)18-19(24)16(11-14(2)22-18)9-10-26-13-15-7-5-4-6-8-15/h4-8,11,24H,3,9-10,12-13H2,1-2H3,(H,21,25). The van der Waals surface area contributed by atoms with Crippen molar-refractivity contribution >= 4 is 11.9 Å². The zero-order chi connectivity index (χ0) is 19.6. The number of nitrogens with one attached hydrogen (secondary N) is 1. The smallest absolute Gasteiger partial charge is 0.325 e. The van der Waals surface area contributed by atoms with Crippen molar-refractivity contribution in [2.24, 2.45) is 0 Å². The summed E-state index contributed by atoms with van der Waals surface area (Å²) >= 11 is 0. The molecule has 2 rings (SSSR count). The van der Waals surface area contributed by atoms with E-state index in [1.165, 1.54) is 0 Å². The van der Waals surface area contributed by atoms with E-state index in [9.17, 15) is 14.7 Å². The zero-order valence-electron chi connectivity index (χ0n) is 15.5. The molecule has 0 atom stereocenters. The molecule has 0 aliphatic heterocycles. The van der Waals surface area contributed by atoms with Crippen molar-refractivity contribution in [3.8, 4) is 5.75 Å². The monoisotopic (exact) mass is 372 g/mol. The summed E-state index contributed by atoms with van der Waals surface area (Å²) < 4.78 is 10.4. The molecule has 0 aliphatic rings. The van der Waals surface area contributed by atoms with Crippen LogP contribution in [0, 0.1) is 6.92 Å². The Labute approximate surface area is 158 Å². The third-order valence-corrected chi connectivity index (χ3v) is 3.74. The summed E-state index contributed by atoms with van der Waals surface area (Å²) in [7, 11) is 0. The number of carbonyl (C=O) groups is 2. The van der Waals surface area contributed by atoms with Crippen LogP contribution in [-0.4, -0.2) is 41.7 Å². The van der Waals surface area contributed by atoms with Crippen LogP contribution in [0.3, 0.4) is 0 Å². The molecule has 2 N–H and O–H groups in total. The predicted molar refractivity (Wildman–Crippen MR) is 99.4 cm³/mol. The van der Waals surface area contributed by atoms with E-state index in [1.807, 2.05) is 30.3 Å². The van der Waals surface area contributed by atoms with Crippen LogP contribution in [0.15, 0.2) is 36.4 Å². The first-order valence-electron chi connectivity index (χ1n) is 8.76. The van der Waals surface area contributed by atoms with Gasteiger partial charge in [0.25, 0.3) is 5.91 Å². The third-order valence-electron chi connectivity index (χ3n) is 3.74. The number of hydrogen-bond acceptors (Lipinski definition) is 6. The van der Waals surface area contributed by atoms with Crippen LogP contribution in [0.25, 0.3) is 0 Å². The molecular formula is C20H24N2O5. The molecule has 0 saturated heterocycles. The Morgan fingerprint density at radius 2 is 1.96 bits per heavy atom. The number of nitrogens with zero attached hydrogens (tertiary/aromatic N) is 1. The van der Waals surface area contributed by atoms with Crippen molar-refractivity contribution in [3.63, 3.8) is 0 Å². The van der Waals surface area contributed by atoms with E-state index in [0.29, 0.717) is 30.9 Å². The van der Waals surface area contributed by atoms with Crippen LogP contribution in [0.1, 0.15) is 34.2 Å². The van der Waals surface area contributed by atoms with Gasteiger partial charge in [-0.1, -0.05) is 30.3 Å². The van der Waals surface area contributed by atoms with E-state index >= 15 is 0 Å². The fraction of sp³-hybridized carbons (Fsp3) is 0.350. The molecule has 144 valence electrons. The second kappa shape index (κ2) is 10.3. The molecule has 1 aromatic carbocycles. The molecular weight excluding hydrogens is 348 g/mol. The number of aromatic nitrogens is 1. The minimum absolute atomic E-state index is 0.114. The lowest BCUT2D eigenvalue weighted by atomic mass is 10.1. The molecule has 7 nitrogen and oxygen atoms in total. The van der Waals surface area contributed by atoms with Gasteiger partial charge in [-0.25, -0.2) is 4.98 Å². The number of rotatable bonds is 9. The van der Waals surface area contributed by atoms with Gasteiger partial charge in [0.05, 0.1) is 19.8 Å². The van der Waals surface area contributed by atoms with E-state index in [2.05, 4.69) is 10.3 Å². The Bertz CT molecular complexity index is 777. The van der Waals surface area contributed by atoms with Gasteiger partial charge in [-0.05, 0) is 31.9 Å². The summed E-state index contributed by atoms with van der Waals surface area (Å²) in [5, 5.41) is 12.8. The van der Waals surface area contributed by atoms with Gasteiger partial charge in [0.1, 0.15) is 12.3 Å².